The highest BCUT2D eigenvalue weighted by Crippen LogP contribution is 2.23. The van der Waals surface area contributed by atoms with Crippen molar-refractivity contribution < 1.29 is 0 Å². The summed E-state index contributed by atoms with van der Waals surface area (Å²) in [6, 6.07) is 12.1. The fraction of sp³-hybridized carbons (Fsp3) is 0.375. The van der Waals surface area contributed by atoms with Crippen LogP contribution in [-0.2, 0) is 0 Å². The lowest BCUT2D eigenvalue weighted by molar-refractivity contribution is 0.661. The molecule has 0 unspecified atom stereocenters. The van der Waals surface area contributed by atoms with E-state index >= 15 is 0 Å². The maximum Gasteiger partial charge on any atom is 0.163 e. The van der Waals surface area contributed by atoms with E-state index < -0.39 is 0 Å². The summed E-state index contributed by atoms with van der Waals surface area (Å²) in [7, 11) is 0. The predicted octanol–water partition coefficient (Wildman–Crippen LogP) is 4.42. The number of rotatable bonds is 5. The first-order valence-electron chi connectivity index (χ1n) is 6.98. The standard InChI is InChI=1S/C16H20ClN3/c1-4-10-20(12(2)3)15-11-14(17)18-16(19-15)13-8-6-5-7-9-13/h5-9,11-12H,4,10H2,1-3H3. The van der Waals surface area contributed by atoms with Crippen LogP contribution in [0.2, 0.25) is 5.15 Å². The molecule has 0 aliphatic heterocycles. The van der Waals surface area contributed by atoms with Gasteiger partial charge in [0.15, 0.2) is 5.82 Å². The molecule has 1 heterocycles. The topological polar surface area (TPSA) is 29.0 Å². The fourth-order valence-electron chi connectivity index (χ4n) is 2.15. The second-order valence-corrected chi connectivity index (χ2v) is 5.41. The Hall–Kier alpha value is -1.61. The van der Waals surface area contributed by atoms with Crippen LogP contribution >= 0.6 is 11.6 Å². The first kappa shape index (κ1) is 14.8. The average Bonchev–Trinajstić information content (AvgIpc) is 2.44. The Morgan fingerprint density at radius 1 is 1.15 bits per heavy atom. The van der Waals surface area contributed by atoms with Crippen LogP contribution in [0.25, 0.3) is 11.4 Å². The van der Waals surface area contributed by atoms with Gasteiger partial charge in [0, 0.05) is 24.2 Å². The zero-order valence-electron chi connectivity index (χ0n) is 12.2. The summed E-state index contributed by atoms with van der Waals surface area (Å²) in [6.07, 6.45) is 1.07. The summed E-state index contributed by atoms with van der Waals surface area (Å²) >= 11 is 6.17. The molecule has 106 valence electrons. The van der Waals surface area contributed by atoms with E-state index in [4.69, 9.17) is 11.6 Å². The number of hydrogen-bond donors (Lipinski definition) is 0. The van der Waals surface area contributed by atoms with Crippen molar-refractivity contribution in [2.24, 2.45) is 0 Å². The number of aromatic nitrogens is 2. The van der Waals surface area contributed by atoms with Gasteiger partial charge in [0.1, 0.15) is 11.0 Å². The second kappa shape index (κ2) is 6.71. The van der Waals surface area contributed by atoms with Gasteiger partial charge in [0.05, 0.1) is 0 Å². The third-order valence-electron chi connectivity index (χ3n) is 3.10. The first-order chi connectivity index (χ1) is 9.61. The Morgan fingerprint density at radius 2 is 1.85 bits per heavy atom. The van der Waals surface area contributed by atoms with E-state index in [2.05, 4.69) is 35.6 Å². The molecule has 1 aromatic carbocycles. The van der Waals surface area contributed by atoms with Crippen LogP contribution in [0.3, 0.4) is 0 Å². The SMILES string of the molecule is CCCN(c1cc(Cl)nc(-c2ccccc2)n1)C(C)C. The van der Waals surface area contributed by atoms with Crippen molar-refractivity contribution in [1.29, 1.82) is 0 Å². The smallest absolute Gasteiger partial charge is 0.163 e. The molecule has 2 rings (SSSR count). The maximum absolute atomic E-state index is 6.17. The van der Waals surface area contributed by atoms with Crippen LogP contribution in [0.15, 0.2) is 36.4 Å². The molecule has 0 fully saturated rings. The van der Waals surface area contributed by atoms with Crippen LogP contribution in [0, 0.1) is 0 Å². The summed E-state index contributed by atoms with van der Waals surface area (Å²) in [4.78, 5) is 11.3. The molecular formula is C16H20ClN3. The van der Waals surface area contributed by atoms with E-state index in [0.29, 0.717) is 17.0 Å². The number of anilines is 1. The summed E-state index contributed by atoms with van der Waals surface area (Å²) in [6.45, 7) is 7.44. The van der Waals surface area contributed by atoms with Crippen LogP contribution in [0.1, 0.15) is 27.2 Å². The van der Waals surface area contributed by atoms with Gasteiger partial charge in [-0.25, -0.2) is 9.97 Å². The van der Waals surface area contributed by atoms with Crippen molar-refractivity contribution in [1.82, 2.24) is 9.97 Å². The predicted molar refractivity (Wildman–Crippen MR) is 85.3 cm³/mol. The van der Waals surface area contributed by atoms with Crippen LogP contribution in [-0.4, -0.2) is 22.6 Å². The summed E-state index contributed by atoms with van der Waals surface area (Å²) in [5.41, 5.74) is 0.983. The molecule has 20 heavy (non-hydrogen) atoms. The Morgan fingerprint density at radius 3 is 2.45 bits per heavy atom. The normalized spacial score (nSPS) is 10.8. The molecular weight excluding hydrogens is 270 g/mol. The quantitative estimate of drug-likeness (QED) is 0.763. The van der Waals surface area contributed by atoms with E-state index in [1.165, 1.54) is 0 Å². The Kier molecular flexibility index (Phi) is 4.96. The largest absolute Gasteiger partial charge is 0.354 e. The lowest BCUT2D eigenvalue weighted by atomic mass is 10.2. The molecule has 0 saturated heterocycles. The fourth-order valence-corrected chi connectivity index (χ4v) is 2.33. The van der Waals surface area contributed by atoms with E-state index in [-0.39, 0.29) is 0 Å². The first-order valence-corrected chi connectivity index (χ1v) is 7.36. The number of nitrogens with zero attached hydrogens (tertiary/aromatic N) is 3. The maximum atomic E-state index is 6.17. The zero-order valence-corrected chi connectivity index (χ0v) is 12.9. The van der Waals surface area contributed by atoms with Gasteiger partial charge in [-0.2, -0.15) is 0 Å². The van der Waals surface area contributed by atoms with Crippen LogP contribution in [0.4, 0.5) is 5.82 Å². The molecule has 0 spiro atoms. The molecule has 2 aromatic rings. The van der Waals surface area contributed by atoms with Crippen molar-refractivity contribution in [3.8, 4) is 11.4 Å². The molecule has 0 aliphatic carbocycles. The van der Waals surface area contributed by atoms with E-state index in [1.54, 1.807) is 0 Å². The molecule has 0 aliphatic rings. The Balaban J connectivity index is 2.43. The third kappa shape index (κ3) is 3.48. The third-order valence-corrected chi connectivity index (χ3v) is 3.29. The highest BCUT2D eigenvalue weighted by Gasteiger charge is 2.14. The van der Waals surface area contributed by atoms with Crippen molar-refractivity contribution in [3.05, 3.63) is 41.6 Å². The molecule has 0 saturated carbocycles. The monoisotopic (exact) mass is 289 g/mol. The number of benzene rings is 1. The summed E-state index contributed by atoms with van der Waals surface area (Å²) < 4.78 is 0. The summed E-state index contributed by atoms with van der Waals surface area (Å²) in [5.74, 6) is 1.57. The summed E-state index contributed by atoms with van der Waals surface area (Å²) in [5, 5.41) is 0.482. The van der Waals surface area contributed by atoms with Crippen LogP contribution in [0.5, 0.6) is 0 Å². The van der Waals surface area contributed by atoms with Crippen molar-refractivity contribution in [3.63, 3.8) is 0 Å². The van der Waals surface area contributed by atoms with Crippen molar-refractivity contribution in [2.75, 3.05) is 11.4 Å². The van der Waals surface area contributed by atoms with Gasteiger partial charge in [-0.15, -0.1) is 0 Å². The lowest BCUT2D eigenvalue weighted by Crippen LogP contribution is -2.32. The van der Waals surface area contributed by atoms with Gasteiger partial charge in [0.2, 0.25) is 0 Å². The van der Waals surface area contributed by atoms with Crippen molar-refractivity contribution >= 4 is 17.4 Å². The number of halogens is 1. The Labute approximate surface area is 125 Å². The Bertz CT molecular complexity index is 555. The van der Waals surface area contributed by atoms with Crippen molar-refractivity contribution in [2.45, 2.75) is 33.2 Å². The second-order valence-electron chi connectivity index (χ2n) is 5.03. The highest BCUT2D eigenvalue weighted by molar-refractivity contribution is 6.29. The molecule has 4 heteroatoms. The minimum atomic E-state index is 0.379. The minimum absolute atomic E-state index is 0.379. The van der Waals surface area contributed by atoms with Gasteiger partial charge < -0.3 is 4.90 Å². The number of hydrogen-bond acceptors (Lipinski definition) is 3. The average molecular weight is 290 g/mol. The van der Waals surface area contributed by atoms with Gasteiger partial charge >= 0.3 is 0 Å². The molecule has 1 aromatic heterocycles. The molecule has 0 radical (unpaired) electrons. The van der Waals surface area contributed by atoms with E-state index in [1.807, 2.05) is 36.4 Å². The molecule has 0 bridgehead atoms. The van der Waals surface area contributed by atoms with Gasteiger partial charge in [-0.05, 0) is 20.3 Å². The van der Waals surface area contributed by atoms with E-state index in [9.17, 15) is 0 Å². The van der Waals surface area contributed by atoms with Gasteiger partial charge in [0.25, 0.3) is 0 Å². The van der Waals surface area contributed by atoms with Crippen LogP contribution < -0.4 is 4.90 Å². The molecule has 0 atom stereocenters. The van der Waals surface area contributed by atoms with Gasteiger partial charge in [-0.1, -0.05) is 48.9 Å². The highest BCUT2D eigenvalue weighted by atomic mass is 35.5. The lowest BCUT2D eigenvalue weighted by Gasteiger charge is -2.27. The zero-order chi connectivity index (χ0) is 14.5. The van der Waals surface area contributed by atoms with E-state index in [0.717, 1.165) is 24.3 Å². The molecule has 0 amide bonds. The molecule has 0 N–H and O–H groups in total. The van der Waals surface area contributed by atoms with Gasteiger partial charge in [-0.3, -0.25) is 0 Å². The molecule has 3 nitrogen and oxygen atoms in total. The minimum Gasteiger partial charge on any atom is -0.354 e.